The Labute approximate surface area is 97.8 Å². The fourth-order valence-electron chi connectivity index (χ4n) is 1.61. The standard InChI is InChI=1S/C11H14F2N2O2/c1-6-8(4-14)10(11(12)13)7(5-15-6)3-9(16)17-2/h5,11H,3-4,14H2,1-2H3. The molecule has 0 bridgehead atoms. The van der Waals surface area contributed by atoms with E-state index in [9.17, 15) is 13.6 Å². The lowest BCUT2D eigenvalue weighted by Crippen LogP contribution is -2.13. The zero-order chi connectivity index (χ0) is 13.0. The molecular weight excluding hydrogens is 230 g/mol. The van der Waals surface area contributed by atoms with Crippen molar-refractivity contribution in [1.82, 2.24) is 4.98 Å². The van der Waals surface area contributed by atoms with Crippen molar-refractivity contribution in [3.8, 4) is 0 Å². The molecule has 0 aliphatic rings. The third-order valence-corrected chi connectivity index (χ3v) is 2.51. The zero-order valence-corrected chi connectivity index (χ0v) is 9.67. The van der Waals surface area contributed by atoms with Crippen LogP contribution in [0, 0.1) is 6.92 Å². The zero-order valence-electron chi connectivity index (χ0n) is 9.67. The molecule has 0 atom stereocenters. The van der Waals surface area contributed by atoms with Crippen LogP contribution in [-0.2, 0) is 22.5 Å². The summed E-state index contributed by atoms with van der Waals surface area (Å²) < 4.78 is 30.4. The Hall–Kier alpha value is -1.56. The van der Waals surface area contributed by atoms with Gasteiger partial charge < -0.3 is 10.5 Å². The van der Waals surface area contributed by atoms with Crippen molar-refractivity contribution in [2.24, 2.45) is 5.73 Å². The van der Waals surface area contributed by atoms with Crippen LogP contribution in [0.5, 0.6) is 0 Å². The molecule has 2 N–H and O–H groups in total. The van der Waals surface area contributed by atoms with Gasteiger partial charge in [0.15, 0.2) is 0 Å². The SMILES string of the molecule is COC(=O)Cc1cnc(C)c(CN)c1C(F)F. The number of aromatic nitrogens is 1. The van der Waals surface area contributed by atoms with Gasteiger partial charge in [-0.05, 0) is 18.1 Å². The van der Waals surface area contributed by atoms with E-state index in [-0.39, 0.29) is 24.1 Å². The number of hydrogen-bond donors (Lipinski definition) is 1. The number of alkyl halides is 2. The third-order valence-electron chi connectivity index (χ3n) is 2.51. The Morgan fingerprint density at radius 2 is 2.24 bits per heavy atom. The van der Waals surface area contributed by atoms with E-state index in [1.807, 2.05) is 0 Å². The van der Waals surface area contributed by atoms with Gasteiger partial charge in [0.2, 0.25) is 0 Å². The minimum atomic E-state index is -2.69. The molecule has 6 heteroatoms. The Morgan fingerprint density at radius 3 is 2.71 bits per heavy atom. The van der Waals surface area contributed by atoms with Crippen LogP contribution in [0.3, 0.4) is 0 Å². The summed E-state index contributed by atoms with van der Waals surface area (Å²) in [7, 11) is 1.20. The van der Waals surface area contributed by atoms with Crippen LogP contribution in [0.4, 0.5) is 8.78 Å². The minimum absolute atomic E-state index is 0.0342. The second-order valence-electron chi connectivity index (χ2n) is 3.52. The maximum atomic E-state index is 13.0. The molecule has 0 saturated carbocycles. The van der Waals surface area contributed by atoms with Gasteiger partial charge >= 0.3 is 5.97 Å². The average Bonchev–Trinajstić information content (AvgIpc) is 2.30. The van der Waals surface area contributed by atoms with Gasteiger partial charge in [0.25, 0.3) is 6.43 Å². The number of halogens is 2. The topological polar surface area (TPSA) is 65.2 Å². The molecule has 0 radical (unpaired) electrons. The number of hydrogen-bond acceptors (Lipinski definition) is 4. The lowest BCUT2D eigenvalue weighted by Gasteiger charge is -2.14. The summed E-state index contributed by atoms with van der Waals surface area (Å²) in [5.74, 6) is -0.583. The van der Waals surface area contributed by atoms with Crippen molar-refractivity contribution in [3.05, 3.63) is 28.6 Å². The third kappa shape index (κ3) is 2.97. The first kappa shape index (κ1) is 13.5. The van der Waals surface area contributed by atoms with Crippen LogP contribution in [0.2, 0.25) is 0 Å². The van der Waals surface area contributed by atoms with Gasteiger partial charge in [0.1, 0.15) is 0 Å². The summed E-state index contributed by atoms with van der Waals surface area (Å²) >= 11 is 0. The molecule has 0 unspecified atom stereocenters. The summed E-state index contributed by atoms with van der Waals surface area (Å²) in [6.45, 7) is 1.57. The van der Waals surface area contributed by atoms with Gasteiger partial charge in [-0.1, -0.05) is 0 Å². The van der Waals surface area contributed by atoms with Crippen LogP contribution in [0.25, 0.3) is 0 Å². The highest BCUT2D eigenvalue weighted by atomic mass is 19.3. The molecule has 0 aromatic carbocycles. The van der Waals surface area contributed by atoms with Crippen molar-refractivity contribution in [2.45, 2.75) is 26.3 Å². The van der Waals surface area contributed by atoms with Crippen LogP contribution in [0.15, 0.2) is 6.20 Å². The highest BCUT2D eigenvalue weighted by molar-refractivity contribution is 5.73. The van der Waals surface area contributed by atoms with Gasteiger partial charge in [0, 0.05) is 24.0 Å². The van der Waals surface area contributed by atoms with E-state index in [2.05, 4.69) is 9.72 Å². The molecule has 17 heavy (non-hydrogen) atoms. The maximum Gasteiger partial charge on any atom is 0.310 e. The van der Waals surface area contributed by atoms with E-state index in [1.165, 1.54) is 13.3 Å². The molecule has 1 aromatic heterocycles. The largest absolute Gasteiger partial charge is 0.469 e. The molecule has 94 valence electrons. The molecule has 4 nitrogen and oxygen atoms in total. The maximum absolute atomic E-state index is 13.0. The van der Waals surface area contributed by atoms with E-state index in [0.29, 0.717) is 11.3 Å². The quantitative estimate of drug-likeness (QED) is 0.815. The Kier molecular flexibility index (Phi) is 4.51. The van der Waals surface area contributed by atoms with Gasteiger partial charge in [-0.15, -0.1) is 0 Å². The lowest BCUT2D eigenvalue weighted by molar-refractivity contribution is -0.139. The molecular formula is C11H14F2N2O2. The van der Waals surface area contributed by atoms with Crippen molar-refractivity contribution in [3.63, 3.8) is 0 Å². The van der Waals surface area contributed by atoms with Crippen molar-refractivity contribution in [1.29, 1.82) is 0 Å². The predicted octanol–water partition coefficient (Wildman–Crippen LogP) is 1.50. The molecule has 0 spiro atoms. The average molecular weight is 244 g/mol. The fraction of sp³-hybridized carbons (Fsp3) is 0.455. The van der Waals surface area contributed by atoms with Crippen LogP contribution < -0.4 is 5.73 Å². The number of nitrogens with zero attached hydrogens (tertiary/aromatic N) is 1. The van der Waals surface area contributed by atoms with E-state index in [0.717, 1.165) is 0 Å². The Bertz CT molecular complexity index is 422. The van der Waals surface area contributed by atoms with E-state index < -0.39 is 12.4 Å². The van der Waals surface area contributed by atoms with Gasteiger partial charge in [-0.3, -0.25) is 9.78 Å². The number of nitrogens with two attached hydrogens (primary N) is 1. The highest BCUT2D eigenvalue weighted by Gasteiger charge is 2.21. The molecule has 1 heterocycles. The molecule has 1 aromatic rings. The van der Waals surface area contributed by atoms with E-state index in [4.69, 9.17) is 5.73 Å². The number of ether oxygens (including phenoxy) is 1. The minimum Gasteiger partial charge on any atom is -0.469 e. The van der Waals surface area contributed by atoms with Crippen LogP contribution >= 0.6 is 0 Å². The monoisotopic (exact) mass is 244 g/mol. The van der Waals surface area contributed by atoms with Crippen molar-refractivity contribution < 1.29 is 18.3 Å². The Morgan fingerprint density at radius 1 is 1.59 bits per heavy atom. The number of carbonyl (C=O) groups is 1. The molecule has 1 rings (SSSR count). The van der Waals surface area contributed by atoms with Crippen LogP contribution in [-0.4, -0.2) is 18.1 Å². The van der Waals surface area contributed by atoms with Crippen LogP contribution in [0.1, 0.15) is 28.8 Å². The Balaban J connectivity index is 3.25. The first-order valence-corrected chi connectivity index (χ1v) is 5.03. The molecule has 0 saturated heterocycles. The summed E-state index contributed by atoms with van der Waals surface area (Å²) in [6, 6.07) is 0. The van der Waals surface area contributed by atoms with Crippen molar-refractivity contribution >= 4 is 5.97 Å². The number of aryl methyl sites for hydroxylation is 1. The smallest absolute Gasteiger partial charge is 0.310 e. The number of rotatable bonds is 4. The number of methoxy groups -OCH3 is 1. The first-order valence-electron chi connectivity index (χ1n) is 5.03. The first-order chi connectivity index (χ1) is 8.01. The number of esters is 1. The summed E-state index contributed by atoms with van der Waals surface area (Å²) in [4.78, 5) is 15.1. The second-order valence-corrected chi connectivity index (χ2v) is 3.52. The number of pyridine rings is 1. The van der Waals surface area contributed by atoms with Gasteiger partial charge in [0.05, 0.1) is 13.5 Å². The highest BCUT2D eigenvalue weighted by Crippen LogP contribution is 2.28. The van der Waals surface area contributed by atoms with Gasteiger partial charge in [-0.25, -0.2) is 8.78 Å². The number of carbonyl (C=O) groups excluding carboxylic acids is 1. The fourth-order valence-corrected chi connectivity index (χ4v) is 1.61. The van der Waals surface area contributed by atoms with E-state index >= 15 is 0 Å². The van der Waals surface area contributed by atoms with E-state index in [1.54, 1.807) is 6.92 Å². The molecule has 0 amide bonds. The molecule has 0 aliphatic carbocycles. The second kappa shape index (κ2) is 5.67. The molecule has 0 aliphatic heterocycles. The summed E-state index contributed by atoms with van der Waals surface area (Å²) in [5.41, 5.74) is 6.14. The molecule has 0 fully saturated rings. The van der Waals surface area contributed by atoms with Crippen molar-refractivity contribution in [2.75, 3.05) is 7.11 Å². The summed E-state index contributed by atoms with van der Waals surface area (Å²) in [5, 5.41) is 0. The summed E-state index contributed by atoms with van der Waals surface area (Å²) in [6.07, 6.45) is -1.64. The predicted molar refractivity (Wildman–Crippen MR) is 57.5 cm³/mol. The normalized spacial score (nSPS) is 10.7. The van der Waals surface area contributed by atoms with Gasteiger partial charge in [-0.2, -0.15) is 0 Å². The lowest BCUT2D eigenvalue weighted by atomic mass is 10.00.